The molecule has 0 spiro atoms. The smallest absolute Gasteiger partial charge is 0.277 e. The molecule has 1 aromatic carbocycles. The van der Waals surface area contributed by atoms with Crippen LogP contribution in [-0.4, -0.2) is 30.6 Å². The fourth-order valence-electron chi connectivity index (χ4n) is 2.88. The van der Waals surface area contributed by atoms with Crippen molar-refractivity contribution in [2.75, 3.05) is 10.6 Å². The number of nitrogens with one attached hydrogen (secondary N) is 2. The molecule has 0 unspecified atom stereocenters. The second kappa shape index (κ2) is 7.89. The number of nitrogens with zero attached hydrogens (tertiary/aromatic N) is 5. The van der Waals surface area contributed by atoms with Gasteiger partial charge >= 0.3 is 0 Å². The van der Waals surface area contributed by atoms with E-state index < -0.39 is 0 Å². The quantitative estimate of drug-likeness (QED) is 0.544. The number of amides is 1. The number of aromatic nitrogens is 5. The molecule has 29 heavy (non-hydrogen) atoms. The van der Waals surface area contributed by atoms with E-state index in [-0.39, 0.29) is 11.6 Å². The van der Waals surface area contributed by atoms with E-state index in [1.165, 1.54) is 6.33 Å². The van der Waals surface area contributed by atoms with Gasteiger partial charge in [0, 0.05) is 11.8 Å². The van der Waals surface area contributed by atoms with Crippen LogP contribution < -0.4 is 10.6 Å². The van der Waals surface area contributed by atoms with Crippen LogP contribution >= 0.6 is 0 Å². The number of carbonyl (C=O) groups is 1. The standard InChI is InChI=1S/C21H19N7O/c1-14-8-9-18(25-16-11-22-13-23-12-16)20(24-14)21(29)26-19-10-15(2)27-28(19)17-6-4-3-5-7-17/h3-13,25H,1-2H3,(H,26,29). The Balaban J connectivity index is 1.65. The van der Waals surface area contributed by atoms with Gasteiger partial charge in [-0.15, -0.1) is 0 Å². The molecule has 0 saturated carbocycles. The van der Waals surface area contributed by atoms with Gasteiger partial charge in [-0.25, -0.2) is 19.6 Å². The Morgan fingerprint density at radius 1 is 0.966 bits per heavy atom. The van der Waals surface area contributed by atoms with E-state index in [2.05, 4.69) is 30.7 Å². The molecule has 8 nitrogen and oxygen atoms in total. The topological polar surface area (TPSA) is 97.6 Å². The van der Waals surface area contributed by atoms with Crippen molar-refractivity contribution in [2.45, 2.75) is 13.8 Å². The first-order chi connectivity index (χ1) is 14.1. The number of carbonyl (C=O) groups excluding carboxylic acids is 1. The second-order valence-corrected chi connectivity index (χ2v) is 6.47. The normalized spacial score (nSPS) is 10.6. The van der Waals surface area contributed by atoms with Crippen LogP contribution in [0, 0.1) is 13.8 Å². The maximum Gasteiger partial charge on any atom is 0.277 e. The first kappa shape index (κ1) is 18.3. The van der Waals surface area contributed by atoms with Crippen LogP contribution in [0.1, 0.15) is 21.9 Å². The summed E-state index contributed by atoms with van der Waals surface area (Å²) < 4.78 is 1.70. The van der Waals surface area contributed by atoms with Gasteiger partial charge in [-0.3, -0.25) is 4.79 Å². The average molecular weight is 385 g/mol. The number of para-hydroxylation sites is 1. The van der Waals surface area contributed by atoms with Gasteiger partial charge in [0.05, 0.1) is 35.1 Å². The summed E-state index contributed by atoms with van der Waals surface area (Å²) in [4.78, 5) is 25.5. The lowest BCUT2D eigenvalue weighted by Crippen LogP contribution is -2.18. The molecule has 4 rings (SSSR count). The Morgan fingerprint density at radius 2 is 1.72 bits per heavy atom. The number of hydrogen-bond donors (Lipinski definition) is 2. The van der Waals surface area contributed by atoms with Crippen molar-refractivity contribution in [1.29, 1.82) is 0 Å². The molecule has 0 aliphatic carbocycles. The Morgan fingerprint density at radius 3 is 2.48 bits per heavy atom. The van der Waals surface area contributed by atoms with E-state index in [9.17, 15) is 4.79 Å². The van der Waals surface area contributed by atoms with Gasteiger partial charge in [-0.2, -0.15) is 5.10 Å². The van der Waals surface area contributed by atoms with Gasteiger partial charge in [0.15, 0.2) is 5.69 Å². The summed E-state index contributed by atoms with van der Waals surface area (Å²) in [6.45, 7) is 3.72. The number of hydrogen-bond acceptors (Lipinski definition) is 6. The van der Waals surface area contributed by atoms with E-state index in [1.54, 1.807) is 17.1 Å². The molecule has 1 amide bonds. The highest BCUT2D eigenvalue weighted by atomic mass is 16.2. The van der Waals surface area contributed by atoms with E-state index in [0.29, 0.717) is 17.2 Å². The largest absolute Gasteiger partial charge is 0.351 e. The molecular weight excluding hydrogens is 366 g/mol. The summed E-state index contributed by atoms with van der Waals surface area (Å²) in [5.74, 6) is 0.223. The average Bonchev–Trinajstić information content (AvgIpc) is 3.10. The van der Waals surface area contributed by atoms with Crippen LogP contribution in [0.4, 0.5) is 17.2 Å². The number of anilines is 3. The molecule has 0 atom stereocenters. The molecule has 0 aliphatic rings. The van der Waals surface area contributed by atoms with Gasteiger partial charge in [0.2, 0.25) is 0 Å². The number of rotatable bonds is 5. The summed E-state index contributed by atoms with van der Waals surface area (Å²) in [5, 5.41) is 10.6. The lowest BCUT2D eigenvalue weighted by Gasteiger charge is -2.13. The zero-order valence-corrected chi connectivity index (χ0v) is 16.0. The molecular formula is C21H19N7O. The third-order valence-electron chi connectivity index (χ3n) is 4.16. The Kier molecular flexibility index (Phi) is 4.98. The zero-order chi connectivity index (χ0) is 20.2. The molecule has 3 aromatic heterocycles. The molecule has 0 radical (unpaired) electrons. The lowest BCUT2D eigenvalue weighted by atomic mass is 10.2. The van der Waals surface area contributed by atoms with Crippen LogP contribution in [0.3, 0.4) is 0 Å². The van der Waals surface area contributed by atoms with Crippen molar-refractivity contribution in [2.24, 2.45) is 0 Å². The van der Waals surface area contributed by atoms with Crippen LogP contribution in [0.2, 0.25) is 0 Å². The van der Waals surface area contributed by atoms with Gasteiger partial charge < -0.3 is 10.6 Å². The van der Waals surface area contributed by atoms with Crippen molar-refractivity contribution in [3.8, 4) is 5.69 Å². The fourth-order valence-corrected chi connectivity index (χ4v) is 2.88. The van der Waals surface area contributed by atoms with Crippen LogP contribution in [0.25, 0.3) is 5.69 Å². The molecule has 0 saturated heterocycles. The summed E-state index contributed by atoms with van der Waals surface area (Å²) in [5.41, 5.74) is 3.88. The highest BCUT2D eigenvalue weighted by Crippen LogP contribution is 2.22. The van der Waals surface area contributed by atoms with Crippen LogP contribution in [0.5, 0.6) is 0 Å². The highest BCUT2D eigenvalue weighted by Gasteiger charge is 2.17. The summed E-state index contributed by atoms with van der Waals surface area (Å²) in [6, 6.07) is 15.1. The third kappa shape index (κ3) is 4.11. The predicted molar refractivity (Wildman–Crippen MR) is 111 cm³/mol. The molecule has 144 valence electrons. The number of aryl methyl sites for hydroxylation is 2. The van der Waals surface area contributed by atoms with Crippen LogP contribution in [0.15, 0.2) is 67.3 Å². The van der Waals surface area contributed by atoms with E-state index in [4.69, 9.17) is 0 Å². The zero-order valence-electron chi connectivity index (χ0n) is 16.0. The molecule has 3 heterocycles. The summed E-state index contributed by atoms with van der Waals surface area (Å²) in [6.07, 6.45) is 4.70. The van der Waals surface area contributed by atoms with Gasteiger partial charge in [0.1, 0.15) is 12.1 Å². The Hall–Kier alpha value is -4.07. The third-order valence-corrected chi connectivity index (χ3v) is 4.16. The number of benzene rings is 1. The Labute approximate surface area is 167 Å². The Bertz CT molecular complexity index is 1140. The van der Waals surface area contributed by atoms with Crippen molar-refractivity contribution in [3.63, 3.8) is 0 Å². The molecule has 8 heteroatoms. The van der Waals surface area contributed by atoms with Crippen LogP contribution in [-0.2, 0) is 0 Å². The van der Waals surface area contributed by atoms with Crippen molar-refractivity contribution < 1.29 is 4.79 Å². The minimum absolute atomic E-state index is 0.271. The summed E-state index contributed by atoms with van der Waals surface area (Å²) >= 11 is 0. The first-order valence-electron chi connectivity index (χ1n) is 9.03. The van der Waals surface area contributed by atoms with E-state index in [1.807, 2.05) is 62.4 Å². The van der Waals surface area contributed by atoms with Gasteiger partial charge in [-0.05, 0) is 38.1 Å². The van der Waals surface area contributed by atoms with E-state index >= 15 is 0 Å². The van der Waals surface area contributed by atoms with Gasteiger partial charge in [-0.1, -0.05) is 18.2 Å². The van der Waals surface area contributed by atoms with E-state index in [0.717, 1.165) is 17.1 Å². The monoisotopic (exact) mass is 385 g/mol. The van der Waals surface area contributed by atoms with Crippen molar-refractivity contribution in [1.82, 2.24) is 24.7 Å². The lowest BCUT2D eigenvalue weighted by molar-refractivity contribution is 0.102. The van der Waals surface area contributed by atoms with Gasteiger partial charge in [0.25, 0.3) is 5.91 Å². The highest BCUT2D eigenvalue weighted by molar-refractivity contribution is 6.06. The number of pyridine rings is 1. The maximum absolute atomic E-state index is 13.1. The van der Waals surface area contributed by atoms with Crippen molar-refractivity contribution >= 4 is 23.1 Å². The minimum atomic E-state index is -0.342. The predicted octanol–water partition coefficient (Wildman–Crippen LogP) is 3.67. The summed E-state index contributed by atoms with van der Waals surface area (Å²) in [7, 11) is 0. The second-order valence-electron chi connectivity index (χ2n) is 6.47. The maximum atomic E-state index is 13.1. The molecule has 0 bridgehead atoms. The molecule has 0 fully saturated rings. The molecule has 0 aliphatic heterocycles. The first-order valence-corrected chi connectivity index (χ1v) is 9.03. The molecule has 4 aromatic rings. The fraction of sp³-hybridized carbons (Fsp3) is 0.0952. The minimum Gasteiger partial charge on any atom is -0.351 e. The molecule has 2 N–H and O–H groups in total. The SMILES string of the molecule is Cc1ccc(Nc2cncnc2)c(C(=O)Nc2cc(C)nn2-c2ccccc2)n1. The van der Waals surface area contributed by atoms with Crippen molar-refractivity contribution in [3.05, 3.63) is 84.3 Å².